The number of nitrogens with zero attached hydrogens (tertiary/aromatic N) is 5. The Bertz CT molecular complexity index is 1360. The van der Waals surface area contributed by atoms with Crippen molar-refractivity contribution in [3.63, 3.8) is 0 Å². The number of aromatic nitrogens is 5. The van der Waals surface area contributed by atoms with Crippen LogP contribution in [0.4, 0.5) is 5.13 Å². The molecule has 2 aromatic carbocycles. The summed E-state index contributed by atoms with van der Waals surface area (Å²) in [5.74, 6) is 0.727. The highest BCUT2D eigenvalue weighted by Gasteiger charge is 2.14. The lowest BCUT2D eigenvalue weighted by molar-refractivity contribution is -0.113. The van der Waals surface area contributed by atoms with Crippen LogP contribution in [0.3, 0.4) is 0 Å². The topological polar surface area (TPSA) is 94.3 Å². The molecule has 0 aliphatic carbocycles. The van der Waals surface area contributed by atoms with Gasteiger partial charge in [0.1, 0.15) is 5.75 Å². The average Bonchev–Trinajstić information content (AvgIpc) is 3.40. The van der Waals surface area contributed by atoms with Crippen LogP contribution in [-0.2, 0) is 4.79 Å². The molecule has 0 aliphatic heterocycles. The van der Waals surface area contributed by atoms with Crippen LogP contribution in [0, 0.1) is 0 Å². The number of fused-ring (bicyclic) bond motifs is 2. The monoisotopic (exact) mass is 448 g/mol. The van der Waals surface area contributed by atoms with Gasteiger partial charge in [0.15, 0.2) is 10.8 Å². The number of ether oxygens (including phenoxy) is 1. The fourth-order valence-corrected chi connectivity index (χ4v) is 4.64. The molecular formula is C21H16N6O2S2. The van der Waals surface area contributed by atoms with Crippen molar-refractivity contribution >= 4 is 50.0 Å². The molecule has 5 rings (SSSR count). The average molecular weight is 449 g/mol. The van der Waals surface area contributed by atoms with Crippen molar-refractivity contribution in [1.82, 2.24) is 24.8 Å². The standard InChI is InChI=1S/C21H16N6O2S2/c1-29-16-8-4-2-6-13(16)14-10-11-18-24-25-21(27(18)26-14)30-12-19(28)23-20-22-15-7-3-5-9-17(15)31-20/h2-11H,12H2,1H3,(H,22,23,28). The molecule has 0 fully saturated rings. The van der Waals surface area contributed by atoms with E-state index in [1.54, 1.807) is 11.6 Å². The van der Waals surface area contributed by atoms with Crippen LogP contribution in [0.15, 0.2) is 65.8 Å². The van der Waals surface area contributed by atoms with E-state index in [1.165, 1.54) is 23.1 Å². The van der Waals surface area contributed by atoms with Crippen molar-refractivity contribution in [2.24, 2.45) is 0 Å². The van der Waals surface area contributed by atoms with Crippen LogP contribution in [0.25, 0.3) is 27.1 Å². The number of benzene rings is 2. The second-order valence-electron chi connectivity index (χ2n) is 6.50. The second kappa shape index (κ2) is 8.32. The third kappa shape index (κ3) is 3.94. The van der Waals surface area contributed by atoms with Crippen molar-refractivity contribution in [3.8, 4) is 17.0 Å². The lowest BCUT2D eigenvalue weighted by Crippen LogP contribution is -2.14. The SMILES string of the molecule is COc1ccccc1-c1ccc2nnc(SCC(=O)Nc3nc4ccccc4s3)n2n1. The molecule has 1 N–H and O–H groups in total. The molecule has 0 bridgehead atoms. The number of methoxy groups -OCH3 is 1. The largest absolute Gasteiger partial charge is 0.496 e. The van der Waals surface area contributed by atoms with Gasteiger partial charge in [-0.2, -0.15) is 9.61 Å². The van der Waals surface area contributed by atoms with Crippen molar-refractivity contribution in [2.75, 3.05) is 18.2 Å². The Labute approximate surface area is 185 Å². The van der Waals surface area contributed by atoms with Gasteiger partial charge in [0.2, 0.25) is 11.1 Å². The molecule has 154 valence electrons. The number of hydrogen-bond donors (Lipinski definition) is 1. The molecule has 0 saturated carbocycles. The summed E-state index contributed by atoms with van der Waals surface area (Å²) in [7, 11) is 1.63. The fourth-order valence-electron chi connectivity index (χ4n) is 3.07. The van der Waals surface area contributed by atoms with Crippen LogP contribution in [0.2, 0.25) is 0 Å². The minimum Gasteiger partial charge on any atom is -0.496 e. The van der Waals surface area contributed by atoms with Crippen molar-refractivity contribution in [1.29, 1.82) is 0 Å². The van der Waals surface area contributed by atoms with Gasteiger partial charge in [-0.05, 0) is 36.4 Å². The first-order chi connectivity index (χ1) is 15.2. The summed E-state index contributed by atoms with van der Waals surface area (Å²) in [6, 6.07) is 19.1. The second-order valence-corrected chi connectivity index (χ2v) is 8.47. The number of hydrogen-bond acceptors (Lipinski definition) is 8. The number of anilines is 1. The summed E-state index contributed by atoms with van der Waals surface area (Å²) >= 11 is 2.71. The number of nitrogens with one attached hydrogen (secondary N) is 1. The van der Waals surface area contributed by atoms with E-state index in [4.69, 9.17) is 4.74 Å². The molecule has 0 aliphatic rings. The maximum atomic E-state index is 12.4. The molecule has 5 aromatic rings. The zero-order chi connectivity index (χ0) is 21.2. The van der Waals surface area contributed by atoms with Gasteiger partial charge in [0.05, 0.1) is 28.8 Å². The normalized spacial score (nSPS) is 11.1. The predicted octanol–water partition coefficient (Wildman–Crippen LogP) is 4.14. The Hall–Kier alpha value is -3.50. The van der Waals surface area contributed by atoms with E-state index in [0.29, 0.717) is 15.9 Å². The predicted molar refractivity (Wildman–Crippen MR) is 122 cm³/mol. The van der Waals surface area contributed by atoms with Gasteiger partial charge in [0, 0.05) is 5.56 Å². The first kappa shape index (κ1) is 19.5. The maximum Gasteiger partial charge on any atom is 0.236 e. The smallest absolute Gasteiger partial charge is 0.236 e. The number of amides is 1. The molecule has 3 aromatic heterocycles. The maximum absolute atomic E-state index is 12.4. The van der Waals surface area contributed by atoms with Crippen LogP contribution in [-0.4, -0.2) is 43.6 Å². The zero-order valence-electron chi connectivity index (χ0n) is 16.3. The third-order valence-corrected chi connectivity index (χ3v) is 6.36. The number of carbonyl (C=O) groups is 1. The van der Waals surface area contributed by atoms with Crippen molar-refractivity contribution in [3.05, 3.63) is 60.7 Å². The van der Waals surface area contributed by atoms with Gasteiger partial charge >= 0.3 is 0 Å². The molecule has 31 heavy (non-hydrogen) atoms. The molecule has 0 atom stereocenters. The summed E-state index contributed by atoms with van der Waals surface area (Å²) in [5, 5.41) is 16.9. The molecule has 0 saturated heterocycles. The van der Waals surface area contributed by atoms with Gasteiger partial charge in [0.25, 0.3) is 0 Å². The van der Waals surface area contributed by atoms with E-state index < -0.39 is 0 Å². The molecular weight excluding hydrogens is 432 g/mol. The van der Waals surface area contributed by atoms with Gasteiger partial charge < -0.3 is 10.1 Å². The van der Waals surface area contributed by atoms with Crippen molar-refractivity contribution in [2.45, 2.75) is 5.16 Å². The molecule has 0 unspecified atom stereocenters. The number of carbonyl (C=O) groups excluding carboxylic acids is 1. The van der Waals surface area contributed by atoms with Gasteiger partial charge in [-0.15, -0.1) is 10.2 Å². The van der Waals surface area contributed by atoms with Crippen LogP contribution in [0.1, 0.15) is 0 Å². The molecule has 10 heteroatoms. The lowest BCUT2D eigenvalue weighted by atomic mass is 10.1. The number of rotatable bonds is 6. The lowest BCUT2D eigenvalue weighted by Gasteiger charge is -2.08. The molecule has 1 amide bonds. The van der Waals surface area contributed by atoms with Crippen LogP contribution >= 0.6 is 23.1 Å². The van der Waals surface area contributed by atoms with Crippen LogP contribution < -0.4 is 10.1 Å². The summed E-state index contributed by atoms with van der Waals surface area (Å²) < 4.78 is 8.10. The number of thioether (sulfide) groups is 1. The first-order valence-corrected chi connectivity index (χ1v) is 11.2. The summed E-state index contributed by atoms with van der Waals surface area (Å²) in [6.07, 6.45) is 0. The first-order valence-electron chi connectivity index (χ1n) is 9.35. The van der Waals surface area contributed by atoms with Gasteiger partial charge in [-0.1, -0.05) is 47.4 Å². The Morgan fingerprint density at radius 2 is 1.94 bits per heavy atom. The molecule has 0 radical (unpaired) electrons. The highest BCUT2D eigenvalue weighted by Crippen LogP contribution is 2.29. The van der Waals surface area contributed by atoms with E-state index in [2.05, 4.69) is 25.6 Å². The Kier molecular flexibility index (Phi) is 5.23. The summed E-state index contributed by atoms with van der Waals surface area (Å²) in [6.45, 7) is 0. The Morgan fingerprint density at radius 3 is 2.81 bits per heavy atom. The molecule has 3 heterocycles. The highest BCUT2D eigenvalue weighted by molar-refractivity contribution is 7.99. The van der Waals surface area contributed by atoms with E-state index in [1.807, 2.05) is 60.7 Å². The van der Waals surface area contributed by atoms with Gasteiger partial charge in [-0.25, -0.2) is 4.98 Å². The number of thiazole rings is 1. The summed E-state index contributed by atoms with van der Waals surface area (Å²) in [4.78, 5) is 16.9. The van der Waals surface area contributed by atoms with E-state index >= 15 is 0 Å². The Balaban J connectivity index is 1.33. The fraction of sp³-hybridized carbons (Fsp3) is 0.0952. The summed E-state index contributed by atoms with van der Waals surface area (Å²) in [5.41, 5.74) is 3.07. The molecule has 8 nitrogen and oxygen atoms in total. The zero-order valence-corrected chi connectivity index (χ0v) is 18.0. The minimum absolute atomic E-state index is 0.164. The minimum atomic E-state index is -0.165. The van der Waals surface area contributed by atoms with E-state index in [-0.39, 0.29) is 11.7 Å². The quantitative estimate of drug-likeness (QED) is 0.390. The van der Waals surface area contributed by atoms with E-state index in [0.717, 1.165) is 27.2 Å². The Morgan fingerprint density at radius 1 is 1.10 bits per heavy atom. The third-order valence-electron chi connectivity index (χ3n) is 4.49. The van der Waals surface area contributed by atoms with Crippen LogP contribution in [0.5, 0.6) is 5.75 Å². The number of para-hydroxylation sites is 2. The molecule has 0 spiro atoms. The van der Waals surface area contributed by atoms with Crippen molar-refractivity contribution < 1.29 is 9.53 Å². The van der Waals surface area contributed by atoms with Gasteiger partial charge in [-0.3, -0.25) is 4.79 Å². The van der Waals surface area contributed by atoms with E-state index in [9.17, 15) is 4.79 Å². The highest BCUT2D eigenvalue weighted by atomic mass is 32.2.